The summed E-state index contributed by atoms with van der Waals surface area (Å²) in [6, 6.07) is 4.53. The summed E-state index contributed by atoms with van der Waals surface area (Å²) in [5.41, 5.74) is 1.20. The van der Waals surface area contributed by atoms with Crippen LogP contribution in [-0.4, -0.2) is 21.8 Å². The van der Waals surface area contributed by atoms with Crippen molar-refractivity contribution in [2.75, 3.05) is 0 Å². The van der Waals surface area contributed by atoms with Gasteiger partial charge in [0.15, 0.2) is 0 Å². The molecule has 2 saturated carbocycles. The number of carbonyl (C=O) groups excluding carboxylic acids is 1. The van der Waals surface area contributed by atoms with Gasteiger partial charge in [0, 0.05) is 31.4 Å². The van der Waals surface area contributed by atoms with Crippen LogP contribution in [0.2, 0.25) is 0 Å². The number of amides is 1. The quantitative estimate of drug-likeness (QED) is 0.813. The zero-order chi connectivity index (χ0) is 13.1. The molecule has 0 aromatic carbocycles. The third kappa shape index (κ3) is 3.34. The van der Waals surface area contributed by atoms with Crippen LogP contribution >= 0.6 is 0 Å². The molecule has 2 aliphatic carbocycles. The van der Waals surface area contributed by atoms with Crippen LogP contribution in [0.15, 0.2) is 24.5 Å². The second kappa shape index (κ2) is 5.72. The first kappa shape index (κ1) is 12.6. The van der Waals surface area contributed by atoms with E-state index in [1.54, 1.807) is 0 Å². The minimum Gasteiger partial charge on any atom is -0.335 e. The molecule has 0 bridgehead atoms. The van der Waals surface area contributed by atoms with E-state index >= 15 is 0 Å². The van der Waals surface area contributed by atoms with Gasteiger partial charge >= 0.3 is 0 Å². The first-order chi connectivity index (χ1) is 9.33. The van der Waals surface area contributed by atoms with Gasteiger partial charge < -0.3 is 4.90 Å². The first-order valence-electron chi connectivity index (χ1n) is 7.51. The maximum Gasteiger partial charge on any atom is 0.223 e. The lowest BCUT2D eigenvalue weighted by atomic mass is 10.0. The van der Waals surface area contributed by atoms with E-state index in [0.717, 1.165) is 13.0 Å². The Labute approximate surface area is 115 Å². The molecule has 0 saturated heterocycles. The molecule has 102 valence electrons. The maximum absolute atomic E-state index is 12.5. The van der Waals surface area contributed by atoms with Gasteiger partial charge in [0.05, 0.1) is 0 Å². The highest BCUT2D eigenvalue weighted by Gasteiger charge is 2.33. The average molecular weight is 258 g/mol. The van der Waals surface area contributed by atoms with Crippen LogP contribution in [0.1, 0.15) is 50.5 Å². The first-order valence-corrected chi connectivity index (χ1v) is 7.51. The Bertz CT molecular complexity index is 422. The average Bonchev–Trinajstić information content (AvgIpc) is 3.15. The molecule has 1 aromatic rings. The molecule has 0 spiro atoms. The molecular weight excluding hydrogens is 236 g/mol. The van der Waals surface area contributed by atoms with Crippen molar-refractivity contribution in [1.29, 1.82) is 0 Å². The number of nitrogens with zero attached hydrogens (tertiary/aromatic N) is 2. The number of hydrogen-bond acceptors (Lipinski definition) is 2. The van der Waals surface area contributed by atoms with Crippen LogP contribution in [0, 0.1) is 5.92 Å². The summed E-state index contributed by atoms with van der Waals surface area (Å²) in [5, 5.41) is 0. The molecule has 1 aromatic heterocycles. The number of aromatic nitrogens is 1. The molecule has 1 heterocycles. The summed E-state index contributed by atoms with van der Waals surface area (Å²) < 4.78 is 0. The van der Waals surface area contributed by atoms with E-state index in [-0.39, 0.29) is 0 Å². The Morgan fingerprint density at radius 1 is 1.16 bits per heavy atom. The minimum atomic E-state index is 0.367. The van der Waals surface area contributed by atoms with Crippen molar-refractivity contribution in [2.45, 2.75) is 57.5 Å². The fraction of sp³-hybridized carbons (Fsp3) is 0.625. The second-order valence-electron chi connectivity index (χ2n) is 5.96. The summed E-state index contributed by atoms with van der Waals surface area (Å²) in [6.07, 6.45) is 11.9. The second-order valence-corrected chi connectivity index (χ2v) is 5.96. The topological polar surface area (TPSA) is 33.2 Å². The molecule has 0 radical (unpaired) electrons. The molecule has 19 heavy (non-hydrogen) atoms. The Morgan fingerprint density at radius 3 is 2.47 bits per heavy atom. The highest BCUT2D eigenvalue weighted by molar-refractivity contribution is 5.77. The lowest BCUT2D eigenvalue weighted by Crippen LogP contribution is -2.33. The number of hydrogen-bond donors (Lipinski definition) is 0. The van der Waals surface area contributed by atoms with E-state index in [1.165, 1.54) is 44.1 Å². The van der Waals surface area contributed by atoms with Crippen molar-refractivity contribution >= 4 is 5.91 Å². The van der Waals surface area contributed by atoms with E-state index in [9.17, 15) is 4.79 Å². The van der Waals surface area contributed by atoms with Gasteiger partial charge in [-0.3, -0.25) is 9.78 Å². The maximum atomic E-state index is 12.5. The zero-order valence-electron chi connectivity index (χ0n) is 11.4. The van der Waals surface area contributed by atoms with E-state index in [1.807, 2.05) is 24.5 Å². The lowest BCUT2D eigenvalue weighted by molar-refractivity contribution is -0.133. The van der Waals surface area contributed by atoms with Gasteiger partial charge in [0.2, 0.25) is 5.91 Å². The Hall–Kier alpha value is -1.38. The summed E-state index contributed by atoms with van der Waals surface area (Å²) in [4.78, 5) is 18.6. The molecule has 2 fully saturated rings. The van der Waals surface area contributed by atoms with Gasteiger partial charge in [-0.25, -0.2) is 0 Å². The number of carbonyl (C=O) groups is 1. The van der Waals surface area contributed by atoms with Gasteiger partial charge in [-0.15, -0.1) is 0 Å². The molecule has 2 aliphatic rings. The molecule has 0 unspecified atom stereocenters. The van der Waals surface area contributed by atoms with Crippen LogP contribution in [0.3, 0.4) is 0 Å². The molecule has 0 atom stereocenters. The monoisotopic (exact) mass is 258 g/mol. The van der Waals surface area contributed by atoms with Crippen molar-refractivity contribution in [3.8, 4) is 0 Å². The van der Waals surface area contributed by atoms with Crippen LogP contribution in [0.25, 0.3) is 0 Å². The molecule has 0 N–H and O–H groups in total. The lowest BCUT2D eigenvalue weighted by Gasteiger charge is -2.24. The van der Waals surface area contributed by atoms with Gasteiger partial charge in [0.1, 0.15) is 0 Å². The molecule has 3 rings (SSSR count). The normalized spacial score (nSPS) is 19.6. The van der Waals surface area contributed by atoms with Crippen LogP contribution in [0.5, 0.6) is 0 Å². The summed E-state index contributed by atoms with van der Waals surface area (Å²) in [6.45, 7) is 0.763. The predicted octanol–water partition coefficient (Wildman–Crippen LogP) is 3.15. The molecular formula is C16H22N2O. The van der Waals surface area contributed by atoms with E-state index < -0.39 is 0 Å². The zero-order valence-corrected chi connectivity index (χ0v) is 11.4. The van der Waals surface area contributed by atoms with Gasteiger partial charge in [-0.2, -0.15) is 0 Å². The van der Waals surface area contributed by atoms with Crippen LogP contribution < -0.4 is 0 Å². The van der Waals surface area contributed by atoms with Crippen molar-refractivity contribution < 1.29 is 4.79 Å². The van der Waals surface area contributed by atoms with E-state index in [0.29, 0.717) is 17.9 Å². The van der Waals surface area contributed by atoms with Crippen molar-refractivity contribution in [1.82, 2.24) is 9.88 Å². The predicted molar refractivity (Wildman–Crippen MR) is 74.4 cm³/mol. The molecule has 3 nitrogen and oxygen atoms in total. The van der Waals surface area contributed by atoms with Crippen LogP contribution in [-0.2, 0) is 11.3 Å². The third-order valence-electron chi connectivity index (χ3n) is 4.35. The number of rotatable bonds is 5. The van der Waals surface area contributed by atoms with Gasteiger partial charge in [-0.1, -0.05) is 12.8 Å². The van der Waals surface area contributed by atoms with E-state index in [2.05, 4.69) is 9.88 Å². The molecule has 3 heteroatoms. The minimum absolute atomic E-state index is 0.367. The summed E-state index contributed by atoms with van der Waals surface area (Å²) in [7, 11) is 0. The fourth-order valence-corrected chi connectivity index (χ4v) is 3.07. The molecule has 1 amide bonds. The van der Waals surface area contributed by atoms with Gasteiger partial charge in [0.25, 0.3) is 0 Å². The standard InChI is InChI=1S/C16H22N2O/c19-16(11-13-3-1-2-4-13)18(15-5-6-15)12-14-7-9-17-10-8-14/h7-10,13,15H,1-6,11-12H2. The SMILES string of the molecule is O=C(CC1CCCC1)N(Cc1ccncc1)C1CC1. The highest BCUT2D eigenvalue weighted by atomic mass is 16.2. The Balaban J connectivity index is 1.61. The van der Waals surface area contributed by atoms with Gasteiger partial charge in [-0.05, 0) is 49.3 Å². The van der Waals surface area contributed by atoms with Crippen molar-refractivity contribution in [3.05, 3.63) is 30.1 Å². The fourth-order valence-electron chi connectivity index (χ4n) is 3.07. The largest absolute Gasteiger partial charge is 0.335 e. The Morgan fingerprint density at radius 2 is 1.84 bits per heavy atom. The van der Waals surface area contributed by atoms with Crippen molar-refractivity contribution in [2.24, 2.45) is 5.92 Å². The van der Waals surface area contributed by atoms with Crippen molar-refractivity contribution in [3.63, 3.8) is 0 Å². The summed E-state index contributed by atoms with van der Waals surface area (Å²) >= 11 is 0. The molecule has 0 aliphatic heterocycles. The summed E-state index contributed by atoms with van der Waals surface area (Å²) in [5.74, 6) is 1.01. The number of pyridine rings is 1. The smallest absolute Gasteiger partial charge is 0.223 e. The van der Waals surface area contributed by atoms with Crippen LogP contribution in [0.4, 0.5) is 0 Å². The third-order valence-corrected chi connectivity index (χ3v) is 4.35. The Kier molecular flexibility index (Phi) is 3.81. The highest BCUT2D eigenvalue weighted by Crippen LogP contribution is 2.32. The van der Waals surface area contributed by atoms with E-state index in [4.69, 9.17) is 0 Å².